The third-order valence-corrected chi connectivity index (χ3v) is 5.31. The van der Waals surface area contributed by atoms with Crippen LogP contribution in [0.4, 0.5) is 10.5 Å². The fourth-order valence-electron chi connectivity index (χ4n) is 3.79. The molecule has 0 aliphatic heterocycles. The zero-order chi connectivity index (χ0) is 20.9. The zero-order valence-corrected chi connectivity index (χ0v) is 17.0. The van der Waals surface area contributed by atoms with Crippen molar-refractivity contribution >= 4 is 17.6 Å². The van der Waals surface area contributed by atoms with Gasteiger partial charge in [-0.15, -0.1) is 0 Å². The molecule has 0 unspecified atom stereocenters. The van der Waals surface area contributed by atoms with Gasteiger partial charge in [-0.2, -0.15) is 0 Å². The number of rotatable bonds is 6. The monoisotopic (exact) mass is 399 g/mol. The third-order valence-electron chi connectivity index (χ3n) is 5.31. The molecular weight excluding hydrogens is 374 g/mol. The van der Waals surface area contributed by atoms with Gasteiger partial charge in [0.25, 0.3) is 0 Å². The minimum Gasteiger partial charge on any atom is -0.337 e. The number of hydrogen-bond acceptors (Lipinski definition) is 2. The van der Waals surface area contributed by atoms with E-state index in [0.717, 1.165) is 17.7 Å². The van der Waals surface area contributed by atoms with Crippen molar-refractivity contribution in [1.82, 2.24) is 10.2 Å². The quantitative estimate of drug-likeness (QED) is 0.504. The first-order valence-electron chi connectivity index (χ1n) is 10.1. The summed E-state index contributed by atoms with van der Waals surface area (Å²) in [5.74, 6) is -0.114. The lowest BCUT2D eigenvalue weighted by atomic mass is 10.1. The molecular formula is C25H25N3O2. The number of nitrogens with one attached hydrogen (secondary N) is 2. The van der Waals surface area contributed by atoms with Gasteiger partial charge in [0, 0.05) is 32.2 Å². The van der Waals surface area contributed by atoms with E-state index in [9.17, 15) is 9.59 Å². The van der Waals surface area contributed by atoms with Gasteiger partial charge >= 0.3 is 6.03 Å². The summed E-state index contributed by atoms with van der Waals surface area (Å²) in [6, 6.07) is 24.0. The summed E-state index contributed by atoms with van der Waals surface area (Å²) in [6.45, 7) is 0.816. The smallest absolute Gasteiger partial charge is 0.317 e. The summed E-state index contributed by atoms with van der Waals surface area (Å²) in [5.41, 5.74) is 6.90. The molecule has 0 saturated carbocycles. The van der Waals surface area contributed by atoms with Crippen LogP contribution < -0.4 is 10.6 Å². The van der Waals surface area contributed by atoms with E-state index in [-0.39, 0.29) is 18.4 Å². The molecule has 0 spiro atoms. The van der Waals surface area contributed by atoms with Crippen molar-refractivity contribution in [3.05, 3.63) is 89.5 Å². The Labute approximate surface area is 176 Å². The Balaban J connectivity index is 1.25. The molecule has 3 aromatic carbocycles. The average molecular weight is 399 g/mol. The van der Waals surface area contributed by atoms with Crippen LogP contribution in [0.25, 0.3) is 11.1 Å². The summed E-state index contributed by atoms with van der Waals surface area (Å²) >= 11 is 0. The highest BCUT2D eigenvalue weighted by Crippen LogP contribution is 2.37. The molecule has 5 nitrogen and oxygen atoms in total. The topological polar surface area (TPSA) is 61.4 Å². The highest BCUT2D eigenvalue weighted by molar-refractivity contribution is 5.92. The molecule has 3 aromatic rings. The maximum atomic E-state index is 12.3. The third kappa shape index (κ3) is 4.51. The predicted molar refractivity (Wildman–Crippen MR) is 119 cm³/mol. The molecule has 30 heavy (non-hydrogen) atoms. The van der Waals surface area contributed by atoms with Crippen molar-refractivity contribution < 1.29 is 9.59 Å². The van der Waals surface area contributed by atoms with Crippen LogP contribution in [0.2, 0.25) is 0 Å². The first-order valence-corrected chi connectivity index (χ1v) is 10.1. The van der Waals surface area contributed by atoms with Crippen LogP contribution in [0, 0.1) is 0 Å². The summed E-state index contributed by atoms with van der Waals surface area (Å²) in [4.78, 5) is 26.1. The molecule has 0 radical (unpaired) electrons. The van der Waals surface area contributed by atoms with Gasteiger partial charge in [0.1, 0.15) is 0 Å². The Hall–Kier alpha value is -3.60. The first kappa shape index (κ1) is 19.7. The van der Waals surface area contributed by atoms with E-state index in [0.29, 0.717) is 13.1 Å². The Morgan fingerprint density at radius 3 is 2.47 bits per heavy atom. The fraction of sp³-hybridized carbons (Fsp3) is 0.200. The number of carbonyl (C=O) groups excluding carboxylic acids is 2. The van der Waals surface area contributed by atoms with Crippen LogP contribution in [0.3, 0.4) is 0 Å². The lowest BCUT2D eigenvalue weighted by Crippen LogP contribution is -2.38. The Morgan fingerprint density at radius 2 is 1.63 bits per heavy atom. The normalized spacial score (nSPS) is 11.4. The van der Waals surface area contributed by atoms with Crippen LogP contribution in [0.1, 0.15) is 23.1 Å². The van der Waals surface area contributed by atoms with E-state index in [1.54, 1.807) is 11.9 Å². The summed E-state index contributed by atoms with van der Waals surface area (Å²) in [7, 11) is 1.74. The molecule has 1 aliphatic carbocycles. The van der Waals surface area contributed by atoms with Crippen molar-refractivity contribution in [2.24, 2.45) is 0 Å². The van der Waals surface area contributed by atoms with E-state index >= 15 is 0 Å². The van der Waals surface area contributed by atoms with E-state index in [1.165, 1.54) is 22.3 Å². The highest BCUT2D eigenvalue weighted by atomic mass is 16.2. The van der Waals surface area contributed by atoms with Crippen LogP contribution in [0.15, 0.2) is 72.8 Å². The molecule has 0 atom stereocenters. The van der Waals surface area contributed by atoms with Gasteiger partial charge in [0.2, 0.25) is 5.91 Å². The average Bonchev–Trinajstić information content (AvgIpc) is 3.12. The van der Waals surface area contributed by atoms with E-state index in [4.69, 9.17) is 0 Å². The van der Waals surface area contributed by atoms with Crippen LogP contribution >= 0.6 is 0 Å². The zero-order valence-electron chi connectivity index (χ0n) is 17.0. The van der Waals surface area contributed by atoms with Gasteiger partial charge in [0.15, 0.2) is 0 Å². The van der Waals surface area contributed by atoms with Crippen molar-refractivity contribution in [1.29, 1.82) is 0 Å². The number of carbonyl (C=O) groups is 2. The first-order chi connectivity index (χ1) is 14.6. The van der Waals surface area contributed by atoms with Crippen molar-refractivity contribution in [2.75, 3.05) is 18.9 Å². The van der Waals surface area contributed by atoms with E-state index < -0.39 is 0 Å². The van der Waals surface area contributed by atoms with Crippen LogP contribution in [0.5, 0.6) is 0 Å². The molecule has 4 rings (SSSR count). The van der Waals surface area contributed by atoms with E-state index in [2.05, 4.69) is 41.0 Å². The van der Waals surface area contributed by atoms with Crippen molar-refractivity contribution in [3.63, 3.8) is 0 Å². The van der Waals surface area contributed by atoms with Crippen molar-refractivity contribution in [3.8, 4) is 11.1 Å². The predicted octanol–water partition coefficient (Wildman–Crippen LogP) is 4.43. The molecule has 1 aliphatic rings. The van der Waals surface area contributed by atoms with Crippen LogP contribution in [-0.2, 0) is 17.8 Å². The molecule has 0 aromatic heterocycles. The van der Waals surface area contributed by atoms with Gasteiger partial charge in [-0.25, -0.2) is 4.79 Å². The molecule has 0 bridgehead atoms. The molecule has 152 valence electrons. The summed E-state index contributed by atoms with van der Waals surface area (Å²) < 4.78 is 0. The Bertz CT molecular complexity index is 1060. The number of hydrogen-bond donors (Lipinski definition) is 2. The number of anilines is 1. The highest BCUT2D eigenvalue weighted by Gasteiger charge is 2.18. The van der Waals surface area contributed by atoms with E-state index in [1.807, 2.05) is 42.5 Å². The maximum Gasteiger partial charge on any atom is 0.317 e. The number of urea groups is 1. The van der Waals surface area contributed by atoms with Gasteiger partial charge in [-0.1, -0.05) is 60.7 Å². The summed E-state index contributed by atoms with van der Waals surface area (Å²) in [6.07, 6.45) is 1.11. The molecule has 2 N–H and O–H groups in total. The van der Waals surface area contributed by atoms with Crippen molar-refractivity contribution in [2.45, 2.75) is 19.4 Å². The van der Waals surface area contributed by atoms with Gasteiger partial charge < -0.3 is 15.5 Å². The minimum absolute atomic E-state index is 0.114. The number of nitrogens with zero attached hydrogens (tertiary/aromatic N) is 1. The van der Waals surface area contributed by atoms with Gasteiger partial charge in [-0.05, 0) is 46.4 Å². The molecule has 0 saturated heterocycles. The number of amides is 3. The lowest BCUT2D eigenvalue weighted by molar-refractivity contribution is -0.116. The second kappa shape index (κ2) is 8.82. The standard InChI is InChI=1S/C25H25N3O2/c1-28(17-18-7-3-2-4-8-18)25(30)26-14-13-24(29)27-21-11-12-23-20(16-21)15-19-9-5-6-10-22(19)23/h2-12,16H,13-15,17H2,1H3,(H,26,30)(H,27,29). The SMILES string of the molecule is CN(Cc1ccccc1)C(=O)NCCC(=O)Nc1ccc2c(c1)Cc1ccccc1-2. The second-order valence-corrected chi connectivity index (χ2v) is 7.58. The Morgan fingerprint density at radius 1 is 0.900 bits per heavy atom. The number of benzene rings is 3. The van der Waals surface area contributed by atoms with Gasteiger partial charge in [0.05, 0.1) is 0 Å². The minimum atomic E-state index is -0.193. The molecule has 0 heterocycles. The molecule has 5 heteroatoms. The fourth-order valence-corrected chi connectivity index (χ4v) is 3.79. The van der Waals surface area contributed by atoms with Crippen LogP contribution in [-0.4, -0.2) is 30.4 Å². The number of fused-ring (bicyclic) bond motifs is 3. The Kier molecular flexibility index (Phi) is 5.80. The molecule has 0 fully saturated rings. The largest absolute Gasteiger partial charge is 0.337 e. The van der Waals surface area contributed by atoms with Gasteiger partial charge in [-0.3, -0.25) is 4.79 Å². The second-order valence-electron chi connectivity index (χ2n) is 7.58. The molecule has 3 amide bonds. The maximum absolute atomic E-state index is 12.3. The lowest BCUT2D eigenvalue weighted by Gasteiger charge is -2.18. The summed E-state index contributed by atoms with van der Waals surface area (Å²) in [5, 5.41) is 5.74.